The SMILES string of the molecule is CCOCCC(=O)COC. The van der Waals surface area contributed by atoms with E-state index >= 15 is 0 Å². The summed E-state index contributed by atoms with van der Waals surface area (Å²) in [6.45, 7) is 3.28. The number of methoxy groups -OCH3 is 1. The van der Waals surface area contributed by atoms with Crippen molar-refractivity contribution >= 4 is 5.78 Å². The molecule has 10 heavy (non-hydrogen) atoms. The van der Waals surface area contributed by atoms with Crippen LogP contribution in [0.5, 0.6) is 0 Å². The highest BCUT2D eigenvalue weighted by atomic mass is 16.5. The van der Waals surface area contributed by atoms with E-state index in [1.807, 2.05) is 6.92 Å². The van der Waals surface area contributed by atoms with Crippen LogP contribution >= 0.6 is 0 Å². The van der Waals surface area contributed by atoms with E-state index in [1.165, 1.54) is 7.11 Å². The number of Topliss-reactive ketones (excluding diaryl/α,β-unsaturated/α-hetero) is 1. The molecule has 0 heterocycles. The summed E-state index contributed by atoms with van der Waals surface area (Å²) in [6, 6.07) is 0. The second-order valence-electron chi connectivity index (χ2n) is 1.92. The number of ether oxygens (including phenoxy) is 2. The van der Waals surface area contributed by atoms with Crippen LogP contribution in [0.15, 0.2) is 0 Å². The van der Waals surface area contributed by atoms with Crippen molar-refractivity contribution in [3.05, 3.63) is 0 Å². The van der Waals surface area contributed by atoms with Gasteiger partial charge in [-0.15, -0.1) is 0 Å². The average molecular weight is 146 g/mol. The van der Waals surface area contributed by atoms with Gasteiger partial charge in [0, 0.05) is 20.1 Å². The second kappa shape index (κ2) is 6.71. The molecular formula is C7H14O3. The van der Waals surface area contributed by atoms with E-state index in [2.05, 4.69) is 4.74 Å². The lowest BCUT2D eigenvalue weighted by Gasteiger charge is -1.98. The predicted octanol–water partition coefficient (Wildman–Crippen LogP) is 0.629. The van der Waals surface area contributed by atoms with Crippen LogP contribution in [-0.2, 0) is 14.3 Å². The van der Waals surface area contributed by atoms with Gasteiger partial charge in [0.15, 0.2) is 5.78 Å². The van der Waals surface area contributed by atoms with Crippen molar-refractivity contribution in [3.63, 3.8) is 0 Å². The van der Waals surface area contributed by atoms with Crippen molar-refractivity contribution in [3.8, 4) is 0 Å². The Morgan fingerprint density at radius 2 is 2.20 bits per heavy atom. The van der Waals surface area contributed by atoms with E-state index in [0.29, 0.717) is 19.6 Å². The van der Waals surface area contributed by atoms with Gasteiger partial charge in [-0.3, -0.25) is 4.79 Å². The highest BCUT2D eigenvalue weighted by molar-refractivity contribution is 5.79. The van der Waals surface area contributed by atoms with Crippen molar-refractivity contribution in [2.75, 3.05) is 26.9 Å². The van der Waals surface area contributed by atoms with Crippen LogP contribution in [0.25, 0.3) is 0 Å². The molecule has 0 N–H and O–H groups in total. The molecular weight excluding hydrogens is 132 g/mol. The molecule has 0 aliphatic heterocycles. The van der Waals surface area contributed by atoms with Crippen LogP contribution in [0.3, 0.4) is 0 Å². The Labute approximate surface area is 61.3 Å². The normalized spacial score (nSPS) is 9.80. The largest absolute Gasteiger partial charge is 0.381 e. The fourth-order valence-corrected chi connectivity index (χ4v) is 0.563. The van der Waals surface area contributed by atoms with Gasteiger partial charge in [0.25, 0.3) is 0 Å². The van der Waals surface area contributed by atoms with Gasteiger partial charge in [-0.1, -0.05) is 0 Å². The Morgan fingerprint density at radius 1 is 1.50 bits per heavy atom. The molecule has 0 aliphatic carbocycles. The Morgan fingerprint density at radius 3 is 2.70 bits per heavy atom. The lowest BCUT2D eigenvalue weighted by Crippen LogP contribution is -2.09. The molecule has 0 aromatic rings. The second-order valence-corrected chi connectivity index (χ2v) is 1.92. The zero-order valence-corrected chi connectivity index (χ0v) is 6.55. The number of hydrogen-bond acceptors (Lipinski definition) is 3. The highest BCUT2D eigenvalue weighted by Gasteiger charge is 1.98. The summed E-state index contributed by atoms with van der Waals surface area (Å²) in [4.78, 5) is 10.7. The molecule has 0 saturated heterocycles. The van der Waals surface area contributed by atoms with E-state index in [0.717, 1.165) is 0 Å². The van der Waals surface area contributed by atoms with Gasteiger partial charge >= 0.3 is 0 Å². The Hall–Kier alpha value is -0.410. The predicted molar refractivity (Wildman–Crippen MR) is 38.0 cm³/mol. The van der Waals surface area contributed by atoms with Crippen LogP contribution in [0, 0.1) is 0 Å². The van der Waals surface area contributed by atoms with Crippen LogP contribution in [0.4, 0.5) is 0 Å². The lowest BCUT2D eigenvalue weighted by atomic mass is 10.3. The first-order valence-corrected chi connectivity index (χ1v) is 3.39. The molecule has 3 nitrogen and oxygen atoms in total. The monoisotopic (exact) mass is 146 g/mol. The van der Waals surface area contributed by atoms with Gasteiger partial charge in [-0.2, -0.15) is 0 Å². The first-order valence-electron chi connectivity index (χ1n) is 3.39. The van der Waals surface area contributed by atoms with Crippen molar-refractivity contribution < 1.29 is 14.3 Å². The standard InChI is InChI=1S/C7H14O3/c1-3-10-5-4-7(8)6-9-2/h3-6H2,1-2H3. The summed E-state index contributed by atoms with van der Waals surface area (Å²) in [5.74, 6) is 0.0935. The van der Waals surface area contributed by atoms with Gasteiger partial charge in [-0.05, 0) is 6.92 Å². The van der Waals surface area contributed by atoms with Crippen LogP contribution in [0.2, 0.25) is 0 Å². The quantitative estimate of drug-likeness (QED) is 0.515. The molecule has 3 heteroatoms. The van der Waals surface area contributed by atoms with Gasteiger partial charge in [0.2, 0.25) is 0 Å². The third-order valence-corrected chi connectivity index (χ3v) is 1.03. The zero-order chi connectivity index (χ0) is 7.82. The smallest absolute Gasteiger partial charge is 0.160 e. The van der Waals surface area contributed by atoms with Gasteiger partial charge < -0.3 is 9.47 Å². The summed E-state index contributed by atoms with van der Waals surface area (Å²) in [6.07, 6.45) is 0.460. The Kier molecular flexibility index (Phi) is 6.43. The van der Waals surface area contributed by atoms with Gasteiger partial charge in [-0.25, -0.2) is 0 Å². The summed E-state index contributed by atoms with van der Waals surface area (Å²) >= 11 is 0. The van der Waals surface area contributed by atoms with E-state index in [1.54, 1.807) is 0 Å². The minimum atomic E-state index is 0.0935. The molecule has 0 amide bonds. The van der Waals surface area contributed by atoms with Crippen LogP contribution in [0.1, 0.15) is 13.3 Å². The van der Waals surface area contributed by atoms with E-state index < -0.39 is 0 Å². The third kappa shape index (κ3) is 5.72. The van der Waals surface area contributed by atoms with E-state index in [9.17, 15) is 4.79 Å². The Balaban J connectivity index is 3.05. The summed E-state index contributed by atoms with van der Waals surface area (Å²) < 4.78 is 9.60. The van der Waals surface area contributed by atoms with Gasteiger partial charge in [0.05, 0.1) is 6.61 Å². The van der Waals surface area contributed by atoms with Crippen molar-refractivity contribution in [1.29, 1.82) is 0 Å². The maximum atomic E-state index is 10.7. The van der Waals surface area contributed by atoms with Crippen molar-refractivity contribution in [2.24, 2.45) is 0 Å². The summed E-state index contributed by atoms with van der Waals surface area (Å²) in [7, 11) is 1.51. The molecule has 0 spiro atoms. The molecule has 0 fully saturated rings. The van der Waals surface area contributed by atoms with Crippen molar-refractivity contribution in [1.82, 2.24) is 0 Å². The van der Waals surface area contributed by atoms with Gasteiger partial charge in [0.1, 0.15) is 6.61 Å². The number of carbonyl (C=O) groups is 1. The molecule has 0 unspecified atom stereocenters. The first kappa shape index (κ1) is 9.59. The zero-order valence-electron chi connectivity index (χ0n) is 6.55. The summed E-state index contributed by atoms with van der Waals surface area (Å²) in [5.41, 5.74) is 0. The topological polar surface area (TPSA) is 35.5 Å². The number of carbonyl (C=O) groups excluding carboxylic acids is 1. The molecule has 60 valence electrons. The first-order chi connectivity index (χ1) is 4.81. The Bertz CT molecular complexity index is 90.9. The van der Waals surface area contributed by atoms with Crippen LogP contribution in [-0.4, -0.2) is 32.7 Å². The fraction of sp³-hybridized carbons (Fsp3) is 0.857. The minimum absolute atomic E-state index is 0.0935. The molecule has 0 radical (unpaired) electrons. The molecule has 0 aromatic carbocycles. The fourth-order valence-electron chi connectivity index (χ4n) is 0.563. The summed E-state index contributed by atoms with van der Waals surface area (Å²) in [5, 5.41) is 0. The molecule has 0 aliphatic rings. The molecule has 0 rings (SSSR count). The van der Waals surface area contributed by atoms with Crippen molar-refractivity contribution in [2.45, 2.75) is 13.3 Å². The molecule has 0 atom stereocenters. The van der Waals surface area contributed by atoms with E-state index in [-0.39, 0.29) is 12.4 Å². The number of ketones is 1. The maximum absolute atomic E-state index is 10.7. The highest BCUT2D eigenvalue weighted by Crippen LogP contribution is 1.85. The average Bonchev–Trinajstić information content (AvgIpc) is 1.89. The lowest BCUT2D eigenvalue weighted by molar-refractivity contribution is -0.123. The minimum Gasteiger partial charge on any atom is -0.381 e. The molecule has 0 bridgehead atoms. The number of hydrogen-bond donors (Lipinski definition) is 0. The maximum Gasteiger partial charge on any atom is 0.160 e. The molecule has 0 saturated carbocycles. The van der Waals surface area contributed by atoms with E-state index in [4.69, 9.17) is 4.74 Å². The van der Waals surface area contributed by atoms with Crippen LogP contribution < -0.4 is 0 Å². The third-order valence-electron chi connectivity index (χ3n) is 1.03. The number of rotatable bonds is 6. The molecule has 0 aromatic heterocycles.